The van der Waals surface area contributed by atoms with Crippen LogP contribution >= 0.6 is 0 Å². The lowest BCUT2D eigenvalue weighted by Crippen LogP contribution is -2.45. The van der Waals surface area contributed by atoms with Crippen LogP contribution in [-0.2, 0) is 0 Å². The molecular weight excluding hydrogens is 250 g/mol. The van der Waals surface area contributed by atoms with Crippen LogP contribution in [0.5, 0.6) is 0 Å². The van der Waals surface area contributed by atoms with Gasteiger partial charge in [0.1, 0.15) is 0 Å². The lowest BCUT2D eigenvalue weighted by molar-refractivity contribution is -0.00196. The molecule has 0 bridgehead atoms. The van der Waals surface area contributed by atoms with Gasteiger partial charge in [-0.1, -0.05) is 36.4 Å². The molecule has 3 nitrogen and oxygen atoms in total. The smallest absolute Gasteiger partial charge is 0.254 e. The number of amides is 1. The highest BCUT2D eigenvalue weighted by Gasteiger charge is 2.30. The molecule has 3 heteroatoms. The molecule has 1 aliphatic heterocycles. The van der Waals surface area contributed by atoms with Gasteiger partial charge in [0.25, 0.3) is 5.91 Å². The molecule has 1 amide bonds. The zero-order valence-corrected chi connectivity index (χ0v) is 11.7. The van der Waals surface area contributed by atoms with Crippen LogP contribution in [0.15, 0.2) is 42.5 Å². The number of carbonyl (C=O) groups excluding carboxylic acids is 1. The first kappa shape index (κ1) is 13.1. The van der Waals surface area contributed by atoms with Gasteiger partial charge < -0.3 is 10.0 Å². The Kier molecular flexibility index (Phi) is 3.22. The number of fused-ring (bicyclic) bond motifs is 1. The van der Waals surface area contributed by atoms with Crippen molar-refractivity contribution in [2.75, 3.05) is 13.1 Å². The number of aliphatic hydroxyl groups is 1. The molecule has 1 heterocycles. The predicted molar refractivity (Wildman–Crippen MR) is 79.7 cm³/mol. The van der Waals surface area contributed by atoms with Gasteiger partial charge >= 0.3 is 0 Å². The monoisotopic (exact) mass is 269 g/mol. The zero-order chi connectivity index (χ0) is 14.2. The quantitative estimate of drug-likeness (QED) is 0.864. The number of likely N-dealkylation sites (tertiary alicyclic amines) is 1. The molecule has 20 heavy (non-hydrogen) atoms. The summed E-state index contributed by atoms with van der Waals surface area (Å²) in [5.74, 6) is 0.0669. The fourth-order valence-electron chi connectivity index (χ4n) is 2.77. The second kappa shape index (κ2) is 4.91. The first-order chi connectivity index (χ1) is 9.57. The molecular formula is C17H19NO2. The van der Waals surface area contributed by atoms with Gasteiger partial charge in [-0.15, -0.1) is 0 Å². The van der Waals surface area contributed by atoms with Gasteiger partial charge in [0, 0.05) is 18.7 Å². The van der Waals surface area contributed by atoms with Crippen LogP contribution in [0, 0.1) is 0 Å². The molecule has 0 aromatic heterocycles. The van der Waals surface area contributed by atoms with E-state index in [1.54, 1.807) is 0 Å². The fourth-order valence-corrected chi connectivity index (χ4v) is 2.77. The summed E-state index contributed by atoms with van der Waals surface area (Å²) in [6, 6.07) is 13.8. The summed E-state index contributed by atoms with van der Waals surface area (Å²) < 4.78 is 0. The lowest BCUT2D eigenvalue weighted by Gasteiger charge is -2.36. The summed E-state index contributed by atoms with van der Waals surface area (Å²) in [6.45, 7) is 3.08. The minimum Gasteiger partial charge on any atom is -0.390 e. The highest BCUT2D eigenvalue weighted by Crippen LogP contribution is 2.25. The van der Waals surface area contributed by atoms with Crippen molar-refractivity contribution >= 4 is 16.7 Å². The van der Waals surface area contributed by atoms with E-state index >= 15 is 0 Å². The van der Waals surface area contributed by atoms with Crippen molar-refractivity contribution in [3.63, 3.8) is 0 Å². The maximum absolute atomic E-state index is 12.7. The Morgan fingerprint density at radius 3 is 2.50 bits per heavy atom. The highest BCUT2D eigenvalue weighted by atomic mass is 16.3. The summed E-state index contributed by atoms with van der Waals surface area (Å²) in [4.78, 5) is 14.5. The molecule has 1 N–H and O–H groups in total. The molecule has 0 unspecified atom stereocenters. The van der Waals surface area contributed by atoms with E-state index in [9.17, 15) is 9.90 Å². The normalized spacial score (nSPS) is 18.2. The average molecular weight is 269 g/mol. The molecule has 3 rings (SSSR count). The number of benzene rings is 2. The largest absolute Gasteiger partial charge is 0.390 e. The molecule has 0 atom stereocenters. The van der Waals surface area contributed by atoms with Crippen molar-refractivity contribution in [1.82, 2.24) is 4.90 Å². The number of hydrogen-bond donors (Lipinski definition) is 1. The molecule has 0 spiro atoms. The molecule has 104 valence electrons. The van der Waals surface area contributed by atoms with E-state index < -0.39 is 5.60 Å². The SMILES string of the molecule is CC1(O)CCN(C(=O)c2cccc3ccccc23)CC1. The van der Waals surface area contributed by atoms with Gasteiger partial charge in [-0.2, -0.15) is 0 Å². The first-order valence-electron chi connectivity index (χ1n) is 7.06. The molecule has 2 aromatic carbocycles. The van der Waals surface area contributed by atoms with Crippen molar-refractivity contribution in [3.8, 4) is 0 Å². The molecule has 0 saturated carbocycles. The second-order valence-electron chi connectivity index (χ2n) is 5.82. The van der Waals surface area contributed by atoms with Crippen LogP contribution in [0.25, 0.3) is 10.8 Å². The molecule has 1 aliphatic rings. The Morgan fingerprint density at radius 2 is 1.75 bits per heavy atom. The summed E-state index contributed by atoms with van der Waals surface area (Å²) >= 11 is 0. The Morgan fingerprint density at radius 1 is 1.10 bits per heavy atom. The minimum atomic E-state index is -0.629. The van der Waals surface area contributed by atoms with Gasteiger partial charge in [-0.25, -0.2) is 0 Å². The Balaban J connectivity index is 1.90. The topological polar surface area (TPSA) is 40.5 Å². The van der Waals surface area contributed by atoms with E-state index in [1.165, 1.54) is 0 Å². The van der Waals surface area contributed by atoms with Crippen LogP contribution in [0.1, 0.15) is 30.1 Å². The summed E-state index contributed by atoms with van der Waals surface area (Å²) in [5.41, 5.74) is 0.125. The maximum atomic E-state index is 12.7. The predicted octanol–water partition coefficient (Wildman–Crippen LogP) is 2.83. The van der Waals surface area contributed by atoms with Gasteiger partial charge in [0.05, 0.1) is 5.60 Å². The highest BCUT2D eigenvalue weighted by molar-refractivity contribution is 6.07. The van der Waals surface area contributed by atoms with E-state index in [0.29, 0.717) is 25.9 Å². The third-order valence-electron chi connectivity index (χ3n) is 4.15. The van der Waals surface area contributed by atoms with Crippen molar-refractivity contribution in [1.29, 1.82) is 0 Å². The van der Waals surface area contributed by atoms with E-state index in [-0.39, 0.29) is 5.91 Å². The number of piperidine rings is 1. The maximum Gasteiger partial charge on any atom is 0.254 e. The number of carbonyl (C=O) groups is 1. The number of rotatable bonds is 1. The van der Waals surface area contributed by atoms with Crippen molar-refractivity contribution in [2.45, 2.75) is 25.4 Å². The third kappa shape index (κ3) is 2.41. The number of nitrogens with zero attached hydrogens (tertiary/aromatic N) is 1. The molecule has 1 fully saturated rings. The van der Waals surface area contributed by atoms with Crippen LogP contribution in [0.4, 0.5) is 0 Å². The van der Waals surface area contributed by atoms with E-state index in [2.05, 4.69) is 0 Å². The summed E-state index contributed by atoms with van der Waals surface area (Å²) in [5, 5.41) is 12.1. The van der Waals surface area contributed by atoms with Crippen LogP contribution in [0.2, 0.25) is 0 Å². The van der Waals surface area contributed by atoms with Crippen LogP contribution in [-0.4, -0.2) is 34.6 Å². The first-order valence-corrected chi connectivity index (χ1v) is 7.06. The summed E-state index contributed by atoms with van der Waals surface area (Å²) in [6.07, 6.45) is 1.28. The Bertz CT molecular complexity index is 633. The van der Waals surface area contributed by atoms with Crippen LogP contribution < -0.4 is 0 Å². The standard InChI is InChI=1S/C17H19NO2/c1-17(20)9-11-18(12-10-17)16(19)15-8-4-6-13-5-2-3-7-14(13)15/h2-8,20H,9-12H2,1H3. The third-order valence-corrected chi connectivity index (χ3v) is 4.15. The zero-order valence-electron chi connectivity index (χ0n) is 11.7. The van der Waals surface area contributed by atoms with Gasteiger partial charge in [-0.05, 0) is 36.6 Å². The van der Waals surface area contributed by atoms with E-state index in [4.69, 9.17) is 0 Å². The molecule has 1 saturated heterocycles. The Labute approximate surface area is 118 Å². The Hall–Kier alpha value is -1.87. The van der Waals surface area contributed by atoms with Crippen LogP contribution in [0.3, 0.4) is 0 Å². The number of hydrogen-bond acceptors (Lipinski definition) is 2. The van der Waals surface area contributed by atoms with Crippen molar-refractivity contribution < 1.29 is 9.90 Å². The molecule has 0 radical (unpaired) electrons. The van der Waals surface area contributed by atoms with Gasteiger partial charge in [-0.3, -0.25) is 4.79 Å². The van der Waals surface area contributed by atoms with Crippen molar-refractivity contribution in [3.05, 3.63) is 48.0 Å². The minimum absolute atomic E-state index is 0.0669. The summed E-state index contributed by atoms with van der Waals surface area (Å²) in [7, 11) is 0. The van der Waals surface area contributed by atoms with E-state index in [0.717, 1.165) is 16.3 Å². The van der Waals surface area contributed by atoms with Gasteiger partial charge in [0.2, 0.25) is 0 Å². The second-order valence-corrected chi connectivity index (χ2v) is 5.82. The van der Waals surface area contributed by atoms with Gasteiger partial charge in [0.15, 0.2) is 0 Å². The van der Waals surface area contributed by atoms with Crippen molar-refractivity contribution in [2.24, 2.45) is 0 Å². The average Bonchev–Trinajstić information content (AvgIpc) is 2.46. The molecule has 0 aliphatic carbocycles. The molecule has 2 aromatic rings. The fraction of sp³-hybridized carbons (Fsp3) is 0.353. The van der Waals surface area contributed by atoms with E-state index in [1.807, 2.05) is 54.3 Å². The lowest BCUT2D eigenvalue weighted by atomic mass is 9.93.